The number of aromatic nitrogens is 2. The van der Waals surface area contributed by atoms with Crippen LogP contribution in [0.5, 0.6) is 11.5 Å². The number of benzene rings is 1. The largest absolute Gasteiger partial charge is 0.493 e. The number of carbonyl (C=O) groups excluding carboxylic acids is 1. The number of methoxy groups -OCH3 is 2. The van der Waals surface area contributed by atoms with Gasteiger partial charge in [0.05, 0.1) is 19.9 Å². The molecule has 25 heavy (non-hydrogen) atoms. The van der Waals surface area contributed by atoms with Gasteiger partial charge in [-0.1, -0.05) is 6.07 Å². The average molecular weight is 340 g/mol. The molecule has 0 unspecified atom stereocenters. The molecule has 2 N–H and O–H groups in total. The van der Waals surface area contributed by atoms with Crippen LogP contribution in [-0.4, -0.2) is 36.2 Å². The topological polar surface area (TPSA) is 76.9 Å². The number of nitrogens with zero attached hydrogens (tertiary/aromatic N) is 2. The van der Waals surface area contributed by atoms with E-state index < -0.39 is 0 Å². The van der Waals surface area contributed by atoms with Gasteiger partial charge >= 0.3 is 6.03 Å². The zero-order valence-electron chi connectivity index (χ0n) is 14.2. The highest BCUT2D eigenvalue weighted by Gasteiger charge is 2.07. The number of fused-ring (bicyclic) bond motifs is 1. The fourth-order valence-corrected chi connectivity index (χ4v) is 2.50. The molecule has 2 aromatic heterocycles. The lowest BCUT2D eigenvalue weighted by Gasteiger charge is -2.11. The Bertz CT molecular complexity index is 843. The van der Waals surface area contributed by atoms with E-state index in [1.807, 2.05) is 35.0 Å². The van der Waals surface area contributed by atoms with Gasteiger partial charge in [0.15, 0.2) is 11.5 Å². The third-order valence-electron chi connectivity index (χ3n) is 3.72. The molecule has 0 radical (unpaired) electrons. The maximum Gasteiger partial charge on any atom is 0.319 e. The number of anilines is 1. The van der Waals surface area contributed by atoms with E-state index in [1.165, 1.54) is 0 Å². The van der Waals surface area contributed by atoms with E-state index in [2.05, 4.69) is 15.6 Å². The van der Waals surface area contributed by atoms with Crippen molar-refractivity contribution in [2.24, 2.45) is 0 Å². The fraction of sp³-hybridized carbons (Fsp3) is 0.222. The van der Waals surface area contributed by atoms with Crippen LogP contribution in [0.4, 0.5) is 10.5 Å². The van der Waals surface area contributed by atoms with Crippen molar-refractivity contribution in [2.75, 3.05) is 26.1 Å². The SMILES string of the molecule is COc1ccc(NC(=O)NCCc2cn3ccccc3n2)cc1OC. The summed E-state index contributed by atoms with van der Waals surface area (Å²) in [5.41, 5.74) is 2.45. The molecular formula is C18H20N4O3. The molecule has 2 amide bonds. The predicted octanol–water partition coefficient (Wildman–Crippen LogP) is 2.72. The van der Waals surface area contributed by atoms with Gasteiger partial charge in [0.2, 0.25) is 0 Å². The summed E-state index contributed by atoms with van der Waals surface area (Å²) in [7, 11) is 3.12. The van der Waals surface area contributed by atoms with E-state index in [4.69, 9.17) is 9.47 Å². The van der Waals surface area contributed by atoms with Crippen LogP contribution in [0.15, 0.2) is 48.8 Å². The van der Waals surface area contributed by atoms with Crippen molar-refractivity contribution in [3.63, 3.8) is 0 Å². The first-order chi connectivity index (χ1) is 12.2. The number of hydrogen-bond donors (Lipinski definition) is 2. The van der Waals surface area contributed by atoms with Gasteiger partial charge in [0, 0.05) is 37.1 Å². The van der Waals surface area contributed by atoms with Gasteiger partial charge in [-0.05, 0) is 24.3 Å². The maximum absolute atomic E-state index is 12.0. The average Bonchev–Trinajstić information content (AvgIpc) is 3.04. The van der Waals surface area contributed by atoms with Gasteiger partial charge in [-0.2, -0.15) is 0 Å². The van der Waals surface area contributed by atoms with Crippen LogP contribution >= 0.6 is 0 Å². The molecule has 0 fully saturated rings. The summed E-state index contributed by atoms with van der Waals surface area (Å²) in [5, 5.41) is 5.59. The van der Waals surface area contributed by atoms with Gasteiger partial charge in [-0.25, -0.2) is 9.78 Å². The fourth-order valence-electron chi connectivity index (χ4n) is 2.50. The second-order valence-electron chi connectivity index (χ2n) is 5.40. The lowest BCUT2D eigenvalue weighted by molar-refractivity contribution is 0.252. The Labute approximate surface area is 145 Å². The molecule has 0 saturated heterocycles. The number of rotatable bonds is 6. The van der Waals surface area contributed by atoms with Crippen molar-refractivity contribution in [3.8, 4) is 11.5 Å². The molecule has 0 aliphatic rings. The molecule has 130 valence electrons. The molecule has 0 saturated carbocycles. The first kappa shape index (κ1) is 16.6. The monoisotopic (exact) mass is 340 g/mol. The number of imidazole rings is 1. The zero-order valence-corrected chi connectivity index (χ0v) is 14.2. The molecule has 0 aliphatic heterocycles. The summed E-state index contributed by atoms with van der Waals surface area (Å²) in [6.45, 7) is 0.489. The normalized spacial score (nSPS) is 10.5. The van der Waals surface area contributed by atoms with E-state index in [0.717, 1.165) is 11.3 Å². The Morgan fingerprint density at radius 1 is 1.16 bits per heavy atom. The van der Waals surface area contributed by atoms with Crippen molar-refractivity contribution in [1.29, 1.82) is 0 Å². The second kappa shape index (κ2) is 7.57. The molecular weight excluding hydrogens is 320 g/mol. The molecule has 0 atom stereocenters. The molecule has 7 heteroatoms. The second-order valence-corrected chi connectivity index (χ2v) is 5.40. The number of carbonyl (C=O) groups is 1. The zero-order chi connectivity index (χ0) is 17.6. The van der Waals surface area contributed by atoms with E-state index >= 15 is 0 Å². The first-order valence-corrected chi connectivity index (χ1v) is 7.89. The summed E-state index contributed by atoms with van der Waals surface area (Å²) < 4.78 is 12.3. The van der Waals surface area contributed by atoms with Crippen LogP contribution in [0, 0.1) is 0 Å². The van der Waals surface area contributed by atoms with E-state index in [-0.39, 0.29) is 6.03 Å². The minimum absolute atomic E-state index is 0.281. The smallest absolute Gasteiger partial charge is 0.319 e. The number of nitrogens with one attached hydrogen (secondary N) is 2. The predicted molar refractivity (Wildman–Crippen MR) is 95.5 cm³/mol. The van der Waals surface area contributed by atoms with Gasteiger partial charge in [0.25, 0.3) is 0 Å². The Hall–Kier alpha value is -3.22. The third-order valence-corrected chi connectivity index (χ3v) is 3.72. The maximum atomic E-state index is 12.0. The van der Waals surface area contributed by atoms with Crippen LogP contribution in [-0.2, 0) is 6.42 Å². The highest BCUT2D eigenvalue weighted by Crippen LogP contribution is 2.29. The lowest BCUT2D eigenvalue weighted by atomic mass is 10.3. The number of urea groups is 1. The summed E-state index contributed by atoms with van der Waals surface area (Å²) >= 11 is 0. The van der Waals surface area contributed by atoms with Crippen LogP contribution in [0.2, 0.25) is 0 Å². The third kappa shape index (κ3) is 4.00. The van der Waals surface area contributed by atoms with Crippen molar-refractivity contribution >= 4 is 17.4 Å². The summed E-state index contributed by atoms with van der Waals surface area (Å²) in [6.07, 6.45) is 4.56. The molecule has 2 heterocycles. The summed E-state index contributed by atoms with van der Waals surface area (Å²) in [6, 6.07) is 10.8. The molecule has 0 aliphatic carbocycles. The molecule has 0 spiro atoms. The molecule has 0 bridgehead atoms. The van der Waals surface area contributed by atoms with Crippen molar-refractivity contribution in [3.05, 3.63) is 54.5 Å². The Kier molecular flexibility index (Phi) is 5.03. The Morgan fingerprint density at radius 3 is 2.76 bits per heavy atom. The summed E-state index contributed by atoms with van der Waals surface area (Å²) in [5.74, 6) is 1.17. The minimum atomic E-state index is -0.281. The Morgan fingerprint density at radius 2 is 2.00 bits per heavy atom. The van der Waals surface area contributed by atoms with Crippen LogP contribution < -0.4 is 20.1 Å². The van der Waals surface area contributed by atoms with Gasteiger partial charge < -0.3 is 24.5 Å². The van der Waals surface area contributed by atoms with Crippen molar-refractivity contribution in [1.82, 2.24) is 14.7 Å². The minimum Gasteiger partial charge on any atom is -0.493 e. The number of ether oxygens (including phenoxy) is 2. The number of pyridine rings is 1. The summed E-state index contributed by atoms with van der Waals surface area (Å²) in [4.78, 5) is 16.5. The van der Waals surface area contributed by atoms with Gasteiger partial charge in [-0.15, -0.1) is 0 Å². The van der Waals surface area contributed by atoms with Crippen LogP contribution in [0.1, 0.15) is 5.69 Å². The first-order valence-electron chi connectivity index (χ1n) is 7.89. The van der Waals surface area contributed by atoms with E-state index in [9.17, 15) is 4.79 Å². The van der Waals surface area contributed by atoms with E-state index in [0.29, 0.717) is 30.2 Å². The number of amides is 2. The highest BCUT2D eigenvalue weighted by molar-refractivity contribution is 5.89. The molecule has 3 aromatic rings. The van der Waals surface area contributed by atoms with Crippen LogP contribution in [0.3, 0.4) is 0 Å². The molecule has 3 rings (SSSR count). The standard InChI is InChI=1S/C18H20N4O3/c1-24-15-7-6-13(11-16(15)25-2)21-18(23)19-9-8-14-12-22-10-4-3-5-17(22)20-14/h3-7,10-12H,8-9H2,1-2H3,(H2,19,21,23). The molecule has 7 nitrogen and oxygen atoms in total. The van der Waals surface area contributed by atoms with Crippen molar-refractivity contribution in [2.45, 2.75) is 6.42 Å². The van der Waals surface area contributed by atoms with Gasteiger partial charge in [0.1, 0.15) is 5.65 Å². The highest BCUT2D eigenvalue weighted by atomic mass is 16.5. The quantitative estimate of drug-likeness (QED) is 0.723. The number of hydrogen-bond acceptors (Lipinski definition) is 4. The van der Waals surface area contributed by atoms with Crippen LogP contribution in [0.25, 0.3) is 5.65 Å². The Balaban J connectivity index is 1.52. The molecule has 1 aromatic carbocycles. The lowest BCUT2D eigenvalue weighted by Crippen LogP contribution is -2.30. The van der Waals surface area contributed by atoms with Gasteiger partial charge in [-0.3, -0.25) is 0 Å². The van der Waals surface area contributed by atoms with Crippen molar-refractivity contribution < 1.29 is 14.3 Å². The van der Waals surface area contributed by atoms with E-state index in [1.54, 1.807) is 32.4 Å².